The Kier molecular flexibility index (Phi) is 6.07. The van der Waals surface area contributed by atoms with Gasteiger partial charge in [-0.15, -0.1) is 0 Å². The molecule has 0 aliphatic carbocycles. The van der Waals surface area contributed by atoms with Crippen molar-refractivity contribution < 1.29 is 9.84 Å². The number of halogens is 2. The summed E-state index contributed by atoms with van der Waals surface area (Å²) in [6.07, 6.45) is 0.609. The molecule has 0 spiro atoms. The number of hydrogen-bond acceptors (Lipinski definition) is 2. The zero-order chi connectivity index (χ0) is 15.2. The SMILES string of the molecule is CCOCc1c(CCO)cccc1-c1ccc(Cl)c(Cl)c1. The molecule has 0 aliphatic heterocycles. The molecule has 0 amide bonds. The summed E-state index contributed by atoms with van der Waals surface area (Å²) in [6, 6.07) is 11.6. The van der Waals surface area contributed by atoms with Crippen LogP contribution in [0, 0.1) is 0 Å². The highest BCUT2D eigenvalue weighted by atomic mass is 35.5. The molecule has 0 fully saturated rings. The van der Waals surface area contributed by atoms with Crippen LogP contribution in [0.15, 0.2) is 36.4 Å². The molecule has 0 saturated carbocycles. The van der Waals surface area contributed by atoms with Crippen molar-refractivity contribution in [2.75, 3.05) is 13.2 Å². The minimum Gasteiger partial charge on any atom is -0.396 e. The summed E-state index contributed by atoms with van der Waals surface area (Å²) < 4.78 is 5.58. The first-order chi connectivity index (χ1) is 10.2. The highest BCUT2D eigenvalue weighted by molar-refractivity contribution is 6.42. The second kappa shape index (κ2) is 7.81. The summed E-state index contributed by atoms with van der Waals surface area (Å²) in [4.78, 5) is 0. The van der Waals surface area contributed by atoms with Crippen LogP contribution in [-0.4, -0.2) is 18.3 Å². The van der Waals surface area contributed by atoms with Gasteiger partial charge < -0.3 is 9.84 Å². The van der Waals surface area contributed by atoms with Crippen LogP contribution in [0.1, 0.15) is 18.1 Å². The van der Waals surface area contributed by atoms with Gasteiger partial charge in [0.1, 0.15) is 0 Å². The van der Waals surface area contributed by atoms with Gasteiger partial charge in [0, 0.05) is 13.2 Å². The smallest absolute Gasteiger partial charge is 0.0725 e. The van der Waals surface area contributed by atoms with Gasteiger partial charge in [-0.1, -0.05) is 47.5 Å². The molecule has 0 atom stereocenters. The van der Waals surface area contributed by atoms with Crippen molar-refractivity contribution in [3.8, 4) is 11.1 Å². The highest BCUT2D eigenvalue weighted by Gasteiger charge is 2.11. The molecule has 0 unspecified atom stereocenters. The van der Waals surface area contributed by atoms with E-state index in [0.717, 1.165) is 22.3 Å². The van der Waals surface area contributed by atoms with Gasteiger partial charge in [0.15, 0.2) is 0 Å². The van der Waals surface area contributed by atoms with Crippen molar-refractivity contribution in [2.24, 2.45) is 0 Å². The molecule has 4 heteroatoms. The van der Waals surface area contributed by atoms with Crippen molar-refractivity contribution in [3.05, 3.63) is 57.6 Å². The molecule has 0 aliphatic rings. The lowest BCUT2D eigenvalue weighted by atomic mass is 9.94. The lowest BCUT2D eigenvalue weighted by Gasteiger charge is -2.15. The summed E-state index contributed by atoms with van der Waals surface area (Å²) in [5.41, 5.74) is 4.24. The predicted octanol–water partition coefficient (Wildman–Crippen LogP) is 4.73. The normalized spacial score (nSPS) is 10.9. The molecular weight excluding hydrogens is 307 g/mol. The van der Waals surface area contributed by atoms with Crippen LogP contribution in [0.3, 0.4) is 0 Å². The molecule has 21 heavy (non-hydrogen) atoms. The molecule has 0 aromatic heterocycles. The van der Waals surface area contributed by atoms with E-state index in [4.69, 9.17) is 27.9 Å². The van der Waals surface area contributed by atoms with Gasteiger partial charge in [0.2, 0.25) is 0 Å². The average molecular weight is 325 g/mol. The van der Waals surface area contributed by atoms with Crippen LogP contribution in [0.4, 0.5) is 0 Å². The molecule has 2 aromatic rings. The van der Waals surface area contributed by atoms with Gasteiger partial charge in [-0.2, -0.15) is 0 Å². The highest BCUT2D eigenvalue weighted by Crippen LogP contribution is 2.32. The van der Waals surface area contributed by atoms with Gasteiger partial charge in [-0.05, 0) is 47.7 Å². The van der Waals surface area contributed by atoms with E-state index < -0.39 is 0 Å². The largest absolute Gasteiger partial charge is 0.396 e. The Morgan fingerprint density at radius 3 is 2.57 bits per heavy atom. The fourth-order valence-corrected chi connectivity index (χ4v) is 2.60. The van der Waals surface area contributed by atoms with Crippen molar-refractivity contribution in [1.29, 1.82) is 0 Å². The maximum absolute atomic E-state index is 9.23. The number of rotatable bonds is 6. The lowest BCUT2D eigenvalue weighted by molar-refractivity contribution is 0.133. The third kappa shape index (κ3) is 3.98. The van der Waals surface area contributed by atoms with E-state index >= 15 is 0 Å². The second-order valence-corrected chi connectivity index (χ2v) is 5.50. The Hall–Kier alpha value is -1.06. The van der Waals surface area contributed by atoms with Gasteiger partial charge >= 0.3 is 0 Å². The fraction of sp³-hybridized carbons (Fsp3) is 0.294. The summed E-state index contributed by atoms with van der Waals surface area (Å²) in [5.74, 6) is 0. The van der Waals surface area contributed by atoms with Crippen LogP contribution in [0.25, 0.3) is 11.1 Å². The third-order valence-corrected chi connectivity index (χ3v) is 4.07. The Morgan fingerprint density at radius 2 is 1.90 bits per heavy atom. The summed E-state index contributed by atoms with van der Waals surface area (Å²) in [5, 5.41) is 10.3. The Morgan fingerprint density at radius 1 is 1.10 bits per heavy atom. The predicted molar refractivity (Wildman–Crippen MR) is 88.0 cm³/mol. The van der Waals surface area contributed by atoms with E-state index in [0.29, 0.717) is 29.7 Å². The van der Waals surface area contributed by atoms with E-state index in [1.165, 1.54) is 0 Å². The van der Waals surface area contributed by atoms with Crippen LogP contribution in [0.5, 0.6) is 0 Å². The first-order valence-electron chi connectivity index (χ1n) is 6.92. The Balaban J connectivity index is 2.49. The summed E-state index contributed by atoms with van der Waals surface area (Å²) in [6.45, 7) is 3.24. The van der Waals surface area contributed by atoms with Gasteiger partial charge in [-0.25, -0.2) is 0 Å². The van der Waals surface area contributed by atoms with Crippen molar-refractivity contribution in [3.63, 3.8) is 0 Å². The molecule has 0 radical (unpaired) electrons. The molecular formula is C17H18Cl2O2. The molecule has 0 heterocycles. The first-order valence-corrected chi connectivity index (χ1v) is 7.67. The summed E-state index contributed by atoms with van der Waals surface area (Å²) >= 11 is 12.1. The van der Waals surface area contributed by atoms with Crippen LogP contribution in [-0.2, 0) is 17.8 Å². The Labute approximate surface area is 135 Å². The van der Waals surface area contributed by atoms with Crippen LogP contribution in [0.2, 0.25) is 10.0 Å². The quantitative estimate of drug-likeness (QED) is 0.832. The average Bonchev–Trinajstić information content (AvgIpc) is 2.49. The van der Waals surface area contributed by atoms with Crippen molar-refractivity contribution in [1.82, 2.24) is 0 Å². The maximum atomic E-state index is 9.23. The van der Waals surface area contributed by atoms with Crippen LogP contribution >= 0.6 is 23.2 Å². The zero-order valence-electron chi connectivity index (χ0n) is 11.9. The minimum absolute atomic E-state index is 0.115. The third-order valence-electron chi connectivity index (χ3n) is 3.34. The molecule has 2 aromatic carbocycles. The number of hydrogen-bond donors (Lipinski definition) is 1. The molecule has 0 saturated heterocycles. The molecule has 112 valence electrons. The summed E-state index contributed by atoms with van der Waals surface area (Å²) in [7, 11) is 0. The fourth-order valence-electron chi connectivity index (χ4n) is 2.30. The molecule has 2 rings (SSSR count). The number of benzene rings is 2. The van der Waals surface area contributed by atoms with Gasteiger partial charge in [0.25, 0.3) is 0 Å². The minimum atomic E-state index is 0.115. The van der Waals surface area contributed by atoms with E-state index in [9.17, 15) is 5.11 Å². The molecule has 2 nitrogen and oxygen atoms in total. The van der Waals surface area contributed by atoms with Crippen LogP contribution < -0.4 is 0 Å². The number of aliphatic hydroxyl groups excluding tert-OH is 1. The second-order valence-electron chi connectivity index (χ2n) is 4.68. The van der Waals surface area contributed by atoms with Crippen molar-refractivity contribution >= 4 is 23.2 Å². The first kappa shape index (κ1) is 16.3. The zero-order valence-corrected chi connectivity index (χ0v) is 13.4. The molecule has 0 bridgehead atoms. The lowest BCUT2D eigenvalue weighted by Crippen LogP contribution is -2.03. The standard InChI is InChI=1S/C17H18Cl2O2/c1-2-21-11-15-12(8-9-20)4-3-5-14(15)13-6-7-16(18)17(19)10-13/h3-7,10,20H,2,8-9,11H2,1H3. The number of aliphatic hydroxyl groups is 1. The maximum Gasteiger partial charge on any atom is 0.0725 e. The van der Waals surface area contributed by atoms with E-state index in [-0.39, 0.29) is 6.61 Å². The molecule has 1 N–H and O–H groups in total. The van der Waals surface area contributed by atoms with Gasteiger partial charge in [-0.3, -0.25) is 0 Å². The van der Waals surface area contributed by atoms with Crippen molar-refractivity contribution in [2.45, 2.75) is 20.0 Å². The monoisotopic (exact) mass is 324 g/mol. The topological polar surface area (TPSA) is 29.5 Å². The number of ether oxygens (including phenoxy) is 1. The Bertz CT molecular complexity index is 612. The van der Waals surface area contributed by atoms with E-state index in [1.807, 2.05) is 37.3 Å². The van der Waals surface area contributed by atoms with E-state index in [2.05, 4.69) is 0 Å². The van der Waals surface area contributed by atoms with Gasteiger partial charge in [0.05, 0.1) is 16.7 Å². The van der Waals surface area contributed by atoms with E-state index in [1.54, 1.807) is 6.07 Å².